The maximum Gasteiger partial charge on any atom is 0.269 e. The van der Waals surface area contributed by atoms with Crippen molar-refractivity contribution in [3.8, 4) is 0 Å². The summed E-state index contributed by atoms with van der Waals surface area (Å²) in [7, 11) is 0. The quantitative estimate of drug-likeness (QED) is 0.241. The molecule has 0 saturated carbocycles. The Kier molecular flexibility index (Phi) is 6.50. The maximum atomic E-state index is 12.9. The van der Waals surface area contributed by atoms with Gasteiger partial charge in [-0.1, -0.05) is 24.3 Å². The number of carbonyl (C=O) groups is 1. The highest BCUT2D eigenvalue weighted by Gasteiger charge is 2.13. The fraction of sp³-hybridized carbons (Fsp3) is 0.182. The molecule has 0 fully saturated rings. The van der Waals surface area contributed by atoms with Gasteiger partial charge in [0.05, 0.1) is 29.8 Å². The molecule has 2 aromatic carbocycles. The lowest BCUT2D eigenvalue weighted by molar-refractivity contribution is -0.384. The standard InChI is InChI=1S/C22H20N6O4S/c1-33-19-8-3-2-7-17(19)21(29)23-9-10-27-20-18(12-25-27)22(30)26(14-24-20)13-15-5-4-6-16(11-15)28(31)32/h2-8,11-12,14H,9-10,13H2,1H3,(H,23,29). The monoisotopic (exact) mass is 464 g/mol. The van der Waals surface area contributed by atoms with E-state index in [2.05, 4.69) is 15.4 Å². The lowest BCUT2D eigenvalue weighted by Gasteiger charge is -2.09. The van der Waals surface area contributed by atoms with Crippen molar-refractivity contribution in [1.82, 2.24) is 24.6 Å². The highest BCUT2D eigenvalue weighted by Crippen LogP contribution is 2.19. The maximum absolute atomic E-state index is 12.9. The third-order valence-corrected chi connectivity index (χ3v) is 5.85. The molecule has 0 aliphatic rings. The molecule has 0 aliphatic heterocycles. The van der Waals surface area contributed by atoms with E-state index in [1.54, 1.807) is 22.9 Å². The van der Waals surface area contributed by atoms with Gasteiger partial charge in [-0.05, 0) is 24.0 Å². The van der Waals surface area contributed by atoms with E-state index >= 15 is 0 Å². The first kappa shape index (κ1) is 22.2. The van der Waals surface area contributed by atoms with Crippen LogP contribution in [-0.2, 0) is 13.1 Å². The minimum Gasteiger partial charge on any atom is -0.350 e. The predicted octanol–water partition coefficient (Wildman–Crippen LogP) is 2.70. The largest absolute Gasteiger partial charge is 0.350 e. The molecule has 0 bridgehead atoms. The molecule has 0 spiro atoms. The Balaban J connectivity index is 1.47. The predicted molar refractivity (Wildman–Crippen MR) is 125 cm³/mol. The lowest BCUT2D eigenvalue weighted by Crippen LogP contribution is -2.28. The first-order valence-electron chi connectivity index (χ1n) is 10.0. The van der Waals surface area contributed by atoms with Crippen LogP contribution < -0.4 is 10.9 Å². The molecule has 11 heteroatoms. The van der Waals surface area contributed by atoms with Crippen molar-refractivity contribution in [3.05, 3.63) is 92.7 Å². The van der Waals surface area contributed by atoms with Gasteiger partial charge in [0, 0.05) is 23.6 Å². The van der Waals surface area contributed by atoms with Crippen molar-refractivity contribution < 1.29 is 9.72 Å². The average molecular weight is 465 g/mol. The molecule has 4 aromatic rings. The van der Waals surface area contributed by atoms with Gasteiger partial charge in [-0.15, -0.1) is 11.8 Å². The fourth-order valence-electron chi connectivity index (χ4n) is 3.44. The zero-order chi connectivity index (χ0) is 23.4. The highest BCUT2D eigenvalue weighted by atomic mass is 32.2. The summed E-state index contributed by atoms with van der Waals surface area (Å²) in [4.78, 5) is 41.1. The molecule has 1 N–H and O–H groups in total. The number of nitro groups is 1. The Labute approximate surface area is 192 Å². The number of hydrogen-bond donors (Lipinski definition) is 1. The van der Waals surface area contributed by atoms with Gasteiger partial charge in [0.15, 0.2) is 5.65 Å². The van der Waals surface area contributed by atoms with Crippen LogP contribution in [0.2, 0.25) is 0 Å². The number of non-ortho nitro benzene ring substituents is 1. The number of nitrogens with zero attached hydrogens (tertiary/aromatic N) is 5. The van der Waals surface area contributed by atoms with Crippen LogP contribution in [0.3, 0.4) is 0 Å². The van der Waals surface area contributed by atoms with Crippen LogP contribution >= 0.6 is 11.8 Å². The van der Waals surface area contributed by atoms with E-state index in [4.69, 9.17) is 0 Å². The molecule has 10 nitrogen and oxygen atoms in total. The van der Waals surface area contributed by atoms with E-state index in [1.807, 2.05) is 24.5 Å². The van der Waals surface area contributed by atoms with Crippen LogP contribution in [-0.4, -0.2) is 43.0 Å². The van der Waals surface area contributed by atoms with Gasteiger partial charge in [0.1, 0.15) is 11.7 Å². The van der Waals surface area contributed by atoms with Gasteiger partial charge >= 0.3 is 0 Å². The van der Waals surface area contributed by atoms with Crippen LogP contribution in [0.4, 0.5) is 5.69 Å². The minimum atomic E-state index is -0.476. The number of amides is 1. The molecule has 0 atom stereocenters. The first-order chi connectivity index (χ1) is 16.0. The number of nitro benzene ring substituents is 1. The number of aromatic nitrogens is 4. The number of fused-ring (bicyclic) bond motifs is 1. The molecule has 33 heavy (non-hydrogen) atoms. The second kappa shape index (κ2) is 9.65. The molecule has 0 saturated heterocycles. The molecule has 2 aromatic heterocycles. The third-order valence-electron chi connectivity index (χ3n) is 5.06. The minimum absolute atomic E-state index is 0.0374. The highest BCUT2D eigenvalue weighted by molar-refractivity contribution is 7.98. The molecule has 0 unspecified atom stereocenters. The van der Waals surface area contributed by atoms with Crippen molar-refractivity contribution in [2.24, 2.45) is 0 Å². The van der Waals surface area contributed by atoms with E-state index in [1.165, 1.54) is 41.0 Å². The van der Waals surface area contributed by atoms with Gasteiger partial charge in [0.25, 0.3) is 17.2 Å². The summed E-state index contributed by atoms with van der Waals surface area (Å²) in [6.45, 7) is 0.814. The number of rotatable bonds is 8. The molecule has 0 radical (unpaired) electrons. The van der Waals surface area contributed by atoms with E-state index < -0.39 is 4.92 Å². The number of benzene rings is 2. The normalized spacial score (nSPS) is 10.9. The van der Waals surface area contributed by atoms with Crippen molar-refractivity contribution in [2.75, 3.05) is 12.8 Å². The third kappa shape index (κ3) is 4.77. The van der Waals surface area contributed by atoms with Crippen LogP contribution in [0.25, 0.3) is 11.0 Å². The summed E-state index contributed by atoms with van der Waals surface area (Å²) in [6.07, 6.45) is 4.76. The number of thioether (sulfide) groups is 1. The number of carbonyl (C=O) groups excluding carboxylic acids is 1. The van der Waals surface area contributed by atoms with E-state index in [-0.39, 0.29) is 23.7 Å². The Morgan fingerprint density at radius 2 is 2.03 bits per heavy atom. The van der Waals surface area contributed by atoms with Crippen molar-refractivity contribution in [2.45, 2.75) is 18.0 Å². The first-order valence-corrected chi connectivity index (χ1v) is 11.3. The summed E-state index contributed by atoms with van der Waals surface area (Å²) in [5, 5.41) is 18.4. The summed E-state index contributed by atoms with van der Waals surface area (Å²) in [6, 6.07) is 13.5. The van der Waals surface area contributed by atoms with Gasteiger partial charge in [0.2, 0.25) is 0 Å². The van der Waals surface area contributed by atoms with Crippen LogP contribution in [0, 0.1) is 10.1 Å². The SMILES string of the molecule is CSc1ccccc1C(=O)NCCn1ncc2c(=O)n(Cc3cccc([N+](=O)[O-])c3)cnc21. The number of hydrogen-bond acceptors (Lipinski definition) is 7. The molecule has 0 aliphatic carbocycles. The Bertz CT molecular complexity index is 1400. The summed E-state index contributed by atoms with van der Waals surface area (Å²) < 4.78 is 2.95. The average Bonchev–Trinajstić information content (AvgIpc) is 3.24. The molecule has 4 rings (SSSR count). The smallest absolute Gasteiger partial charge is 0.269 e. The van der Waals surface area contributed by atoms with E-state index in [0.717, 1.165) is 4.90 Å². The van der Waals surface area contributed by atoms with Crippen LogP contribution in [0.5, 0.6) is 0 Å². The number of nitrogens with one attached hydrogen (secondary N) is 1. The lowest BCUT2D eigenvalue weighted by atomic mass is 10.2. The topological polar surface area (TPSA) is 125 Å². The second-order valence-corrected chi connectivity index (χ2v) is 8.01. The Morgan fingerprint density at radius 1 is 1.21 bits per heavy atom. The van der Waals surface area contributed by atoms with Crippen LogP contribution in [0.1, 0.15) is 15.9 Å². The Morgan fingerprint density at radius 3 is 2.82 bits per heavy atom. The molecule has 168 valence electrons. The Hall–Kier alpha value is -3.99. The van der Waals surface area contributed by atoms with Crippen LogP contribution in [0.15, 0.2) is 70.7 Å². The summed E-state index contributed by atoms with van der Waals surface area (Å²) >= 11 is 1.50. The zero-order valence-corrected chi connectivity index (χ0v) is 18.5. The fourth-order valence-corrected chi connectivity index (χ4v) is 4.04. The molecule has 2 heterocycles. The van der Waals surface area contributed by atoms with Crippen molar-refractivity contribution in [3.63, 3.8) is 0 Å². The molecular weight excluding hydrogens is 444 g/mol. The van der Waals surface area contributed by atoms with Gasteiger partial charge in [-0.3, -0.25) is 24.3 Å². The van der Waals surface area contributed by atoms with Crippen molar-refractivity contribution >= 4 is 34.4 Å². The molecular formula is C22H20N6O4S. The van der Waals surface area contributed by atoms with Gasteiger partial charge in [-0.25, -0.2) is 9.67 Å². The van der Waals surface area contributed by atoms with Gasteiger partial charge < -0.3 is 5.32 Å². The molecule has 1 amide bonds. The van der Waals surface area contributed by atoms with Gasteiger partial charge in [-0.2, -0.15) is 5.10 Å². The summed E-state index contributed by atoms with van der Waals surface area (Å²) in [5.74, 6) is -0.177. The van der Waals surface area contributed by atoms with E-state index in [0.29, 0.717) is 35.2 Å². The zero-order valence-electron chi connectivity index (χ0n) is 17.7. The van der Waals surface area contributed by atoms with Crippen molar-refractivity contribution in [1.29, 1.82) is 0 Å². The van der Waals surface area contributed by atoms with E-state index in [9.17, 15) is 19.7 Å². The second-order valence-electron chi connectivity index (χ2n) is 7.17. The summed E-state index contributed by atoms with van der Waals surface area (Å²) in [5.41, 5.74) is 1.31.